The molecule has 0 aliphatic carbocycles. The highest BCUT2D eigenvalue weighted by Crippen LogP contribution is 2.00. The first-order chi connectivity index (χ1) is 14.8. The van der Waals surface area contributed by atoms with Gasteiger partial charge in [0.05, 0.1) is 92.5 Å². The molecule has 0 aromatic rings. The maximum atomic E-state index is 5.86. The second kappa shape index (κ2) is 24.9. The molecule has 0 unspecified atom stereocenters. The number of methoxy groups -OCH3 is 4. The minimum atomic E-state index is -0.198. The minimum absolute atomic E-state index is 0.198. The Morgan fingerprint density at radius 2 is 0.633 bits per heavy atom. The Balaban J connectivity index is 4.17. The first-order valence-corrected chi connectivity index (χ1v) is 10.3. The predicted molar refractivity (Wildman–Crippen MR) is 110 cm³/mol. The largest absolute Gasteiger partial charge is 0.382 e. The van der Waals surface area contributed by atoms with E-state index in [1.54, 1.807) is 28.4 Å². The number of hydrogen-bond acceptors (Lipinski definition) is 10. The van der Waals surface area contributed by atoms with E-state index < -0.39 is 0 Å². The Labute approximate surface area is 181 Å². The standard InChI is InChI=1S/C20H42O10/c1-21-5-9-25-15-19(16-26-10-6-22-2)29-13-14-30-20(17-27-11-7-23-3)18-28-12-8-24-4/h19-20H,5-18H2,1-4H3. The summed E-state index contributed by atoms with van der Waals surface area (Å²) in [4.78, 5) is 0. The van der Waals surface area contributed by atoms with Crippen molar-refractivity contribution in [3.63, 3.8) is 0 Å². The lowest BCUT2D eigenvalue weighted by molar-refractivity contribution is -0.106. The van der Waals surface area contributed by atoms with Crippen LogP contribution in [0.4, 0.5) is 0 Å². The van der Waals surface area contributed by atoms with Gasteiger partial charge in [-0.1, -0.05) is 0 Å². The molecule has 0 fully saturated rings. The summed E-state index contributed by atoms with van der Waals surface area (Å²) in [7, 11) is 6.54. The van der Waals surface area contributed by atoms with Gasteiger partial charge in [-0.25, -0.2) is 0 Å². The quantitative estimate of drug-likeness (QED) is 0.185. The number of hydrogen-bond donors (Lipinski definition) is 0. The van der Waals surface area contributed by atoms with Crippen molar-refractivity contribution in [1.29, 1.82) is 0 Å². The molecule has 0 aliphatic heterocycles. The summed E-state index contributed by atoms with van der Waals surface area (Å²) in [6.45, 7) is 6.63. The lowest BCUT2D eigenvalue weighted by Gasteiger charge is -2.21. The molecule has 30 heavy (non-hydrogen) atoms. The Bertz CT molecular complexity index is 268. The zero-order valence-corrected chi connectivity index (χ0v) is 19.1. The van der Waals surface area contributed by atoms with E-state index in [2.05, 4.69) is 0 Å². The van der Waals surface area contributed by atoms with Gasteiger partial charge < -0.3 is 47.4 Å². The molecule has 0 aromatic carbocycles. The molecule has 0 saturated carbocycles. The monoisotopic (exact) mass is 442 g/mol. The van der Waals surface area contributed by atoms with Gasteiger partial charge in [0, 0.05) is 28.4 Å². The molecular formula is C20H42O10. The van der Waals surface area contributed by atoms with Crippen molar-refractivity contribution in [1.82, 2.24) is 0 Å². The van der Waals surface area contributed by atoms with Crippen LogP contribution in [-0.4, -0.2) is 133 Å². The normalized spacial score (nSPS) is 11.8. The minimum Gasteiger partial charge on any atom is -0.382 e. The lowest BCUT2D eigenvalue weighted by atomic mass is 10.4. The molecule has 0 bridgehead atoms. The van der Waals surface area contributed by atoms with Crippen molar-refractivity contribution in [3.05, 3.63) is 0 Å². The second-order valence-electron chi connectivity index (χ2n) is 6.26. The molecule has 0 amide bonds. The molecule has 0 aromatic heterocycles. The van der Waals surface area contributed by atoms with Gasteiger partial charge in [0.2, 0.25) is 0 Å². The molecule has 0 atom stereocenters. The summed E-state index contributed by atoms with van der Waals surface area (Å²) < 4.78 is 53.9. The fourth-order valence-electron chi connectivity index (χ4n) is 2.15. The van der Waals surface area contributed by atoms with Gasteiger partial charge in [-0.05, 0) is 0 Å². The first-order valence-electron chi connectivity index (χ1n) is 10.3. The summed E-state index contributed by atoms with van der Waals surface area (Å²) in [6, 6.07) is 0. The predicted octanol–water partition coefficient (Wildman–Crippen LogP) is 0.409. The van der Waals surface area contributed by atoms with Gasteiger partial charge in [0.25, 0.3) is 0 Å². The van der Waals surface area contributed by atoms with Crippen molar-refractivity contribution in [2.75, 3.05) is 121 Å². The average molecular weight is 443 g/mol. The number of rotatable bonds is 25. The average Bonchev–Trinajstić information content (AvgIpc) is 2.76. The third kappa shape index (κ3) is 20.9. The van der Waals surface area contributed by atoms with Crippen molar-refractivity contribution >= 4 is 0 Å². The van der Waals surface area contributed by atoms with Gasteiger partial charge in [-0.15, -0.1) is 0 Å². The van der Waals surface area contributed by atoms with Gasteiger partial charge in [0.15, 0.2) is 0 Å². The van der Waals surface area contributed by atoms with Crippen LogP contribution in [0.3, 0.4) is 0 Å². The van der Waals surface area contributed by atoms with E-state index in [9.17, 15) is 0 Å². The summed E-state index contributed by atoms with van der Waals surface area (Å²) in [5.74, 6) is 0. The zero-order valence-electron chi connectivity index (χ0n) is 19.1. The fourth-order valence-corrected chi connectivity index (χ4v) is 2.15. The summed E-state index contributed by atoms with van der Waals surface area (Å²) in [5.41, 5.74) is 0. The van der Waals surface area contributed by atoms with Crippen LogP contribution >= 0.6 is 0 Å². The molecule has 0 spiro atoms. The molecule has 10 nitrogen and oxygen atoms in total. The fraction of sp³-hybridized carbons (Fsp3) is 1.00. The van der Waals surface area contributed by atoms with Gasteiger partial charge in [-0.3, -0.25) is 0 Å². The molecule has 0 radical (unpaired) electrons. The summed E-state index contributed by atoms with van der Waals surface area (Å²) >= 11 is 0. The zero-order chi connectivity index (χ0) is 22.1. The summed E-state index contributed by atoms with van der Waals surface area (Å²) in [6.07, 6.45) is -0.395. The maximum absolute atomic E-state index is 5.86. The van der Waals surface area contributed by atoms with Crippen molar-refractivity contribution < 1.29 is 47.4 Å². The highest BCUT2D eigenvalue weighted by Gasteiger charge is 2.13. The highest BCUT2D eigenvalue weighted by molar-refractivity contribution is 4.58. The molecule has 182 valence electrons. The third-order valence-corrected chi connectivity index (χ3v) is 3.73. The van der Waals surface area contributed by atoms with Crippen LogP contribution in [0, 0.1) is 0 Å². The van der Waals surface area contributed by atoms with Gasteiger partial charge in [0.1, 0.15) is 12.2 Å². The van der Waals surface area contributed by atoms with Crippen molar-refractivity contribution in [3.8, 4) is 0 Å². The highest BCUT2D eigenvalue weighted by atomic mass is 16.6. The second-order valence-corrected chi connectivity index (χ2v) is 6.26. The van der Waals surface area contributed by atoms with Crippen molar-refractivity contribution in [2.24, 2.45) is 0 Å². The molecular weight excluding hydrogens is 400 g/mol. The summed E-state index contributed by atoms with van der Waals surface area (Å²) in [5, 5.41) is 0. The lowest BCUT2D eigenvalue weighted by Crippen LogP contribution is -2.31. The van der Waals surface area contributed by atoms with E-state index in [0.29, 0.717) is 92.5 Å². The molecule has 0 saturated heterocycles. The van der Waals surface area contributed by atoms with E-state index in [0.717, 1.165) is 0 Å². The Morgan fingerprint density at radius 3 is 0.867 bits per heavy atom. The Morgan fingerprint density at radius 1 is 0.367 bits per heavy atom. The number of ether oxygens (including phenoxy) is 10. The topological polar surface area (TPSA) is 92.3 Å². The van der Waals surface area contributed by atoms with Gasteiger partial charge in [-0.2, -0.15) is 0 Å². The van der Waals surface area contributed by atoms with Crippen molar-refractivity contribution in [2.45, 2.75) is 12.2 Å². The molecule has 0 N–H and O–H groups in total. The van der Waals surface area contributed by atoms with E-state index >= 15 is 0 Å². The smallest absolute Gasteiger partial charge is 0.104 e. The molecule has 0 rings (SSSR count). The van der Waals surface area contributed by atoms with E-state index in [1.165, 1.54) is 0 Å². The van der Waals surface area contributed by atoms with E-state index in [-0.39, 0.29) is 12.2 Å². The van der Waals surface area contributed by atoms with E-state index in [4.69, 9.17) is 47.4 Å². The van der Waals surface area contributed by atoms with Gasteiger partial charge >= 0.3 is 0 Å². The Kier molecular flexibility index (Phi) is 24.5. The van der Waals surface area contributed by atoms with Crippen LogP contribution in [0.15, 0.2) is 0 Å². The Hall–Kier alpha value is -0.400. The van der Waals surface area contributed by atoms with Crippen LogP contribution in [0.5, 0.6) is 0 Å². The van der Waals surface area contributed by atoms with E-state index in [1.807, 2.05) is 0 Å². The van der Waals surface area contributed by atoms with Crippen LogP contribution in [-0.2, 0) is 47.4 Å². The first kappa shape index (κ1) is 29.6. The van der Waals surface area contributed by atoms with Crippen LogP contribution < -0.4 is 0 Å². The third-order valence-electron chi connectivity index (χ3n) is 3.73. The maximum Gasteiger partial charge on any atom is 0.104 e. The molecule has 0 aliphatic rings. The van der Waals surface area contributed by atoms with Crippen LogP contribution in [0.1, 0.15) is 0 Å². The van der Waals surface area contributed by atoms with Crippen LogP contribution in [0.25, 0.3) is 0 Å². The molecule has 0 heterocycles. The SMILES string of the molecule is COCCOCC(COCCOC)OCCOC(COCCOC)COCCOC. The van der Waals surface area contributed by atoms with Crippen LogP contribution in [0.2, 0.25) is 0 Å². The molecule has 10 heteroatoms.